The van der Waals surface area contributed by atoms with Crippen LogP contribution < -0.4 is 4.90 Å². The third-order valence-electron chi connectivity index (χ3n) is 4.50. The van der Waals surface area contributed by atoms with E-state index < -0.39 is 0 Å². The van der Waals surface area contributed by atoms with Gasteiger partial charge in [-0.2, -0.15) is 5.10 Å². The normalized spacial score (nSPS) is 17.2. The summed E-state index contributed by atoms with van der Waals surface area (Å²) in [6.45, 7) is 9.90. The summed E-state index contributed by atoms with van der Waals surface area (Å²) in [4.78, 5) is 5.93. The lowest BCUT2D eigenvalue weighted by atomic mass is 9.85. The topological polar surface area (TPSA) is 75.2 Å². The summed E-state index contributed by atoms with van der Waals surface area (Å²) in [6.07, 6.45) is 3.58. The standard InChI is InChI=1S/C17H16N6O/c1-4-6-13-16(18-2)14(11-9-19-20-17(11)23(13)3)10-7-5-8-12-15(10)22-24-21-12/h5,7-9,14H,4,6H2,1,3H3,(H,19,20). The predicted molar refractivity (Wildman–Crippen MR) is 89.2 cm³/mol. The van der Waals surface area contributed by atoms with Gasteiger partial charge in [-0.3, -0.25) is 5.10 Å². The summed E-state index contributed by atoms with van der Waals surface area (Å²) in [6, 6.07) is 5.75. The number of benzene rings is 1. The lowest BCUT2D eigenvalue weighted by Gasteiger charge is -2.32. The molecule has 1 unspecified atom stereocenters. The fourth-order valence-electron chi connectivity index (χ4n) is 3.43. The summed E-state index contributed by atoms with van der Waals surface area (Å²) in [5.74, 6) is 0.703. The van der Waals surface area contributed by atoms with Gasteiger partial charge in [-0.05, 0) is 28.4 Å². The van der Waals surface area contributed by atoms with E-state index in [4.69, 9.17) is 11.2 Å². The molecule has 0 spiro atoms. The molecule has 4 rings (SSSR count). The highest BCUT2D eigenvalue weighted by molar-refractivity contribution is 5.80. The van der Waals surface area contributed by atoms with Crippen LogP contribution in [0, 0.1) is 6.57 Å². The van der Waals surface area contributed by atoms with E-state index in [0.29, 0.717) is 16.7 Å². The third-order valence-corrected chi connectivity index (χ3v) is 4.50. The molecule has 3 aromatic rings. The number of aromatic nitrogens is 4. The highest BCUT2D eigenvalue weighted by atomic mass is 16.6. The molecular weight excluding hydrogens is 304 g/mol. The Labute approximate surface area is 138 Å². The molecule has 1 aliphatic rings. The highest BCUT2D eigenvalue weighted by Crippen LogP contribution is 2.45. The molecule has 0 amide bonds. The molecule has 1 atom stereocenters. The van der Waals surface area contributed by atoms with Gasteiger partial charge >= 0.3 is 0 Å². The molecule has 7 nitrogen and oxygen atoms in total. The molecule has 7 heteroatoms. The van der Waals surface area contributed by atoms with Gasteiger partial charge in [-0.15, -0.1) is 0 Å². The first-order chi connectivity index (χ1) is 11.8. The monoisotopic (exact) mass is 320 g/mol. The van der Waals surface area contributed by atoms with Crippen LogP contribution in [0.25, 0.3) is 15.9 Å². The van der Waals surface area contributed by atoms with Crippen molar-refractivity contribution in [1.29, 1.82) is 0 Å². The number of anilines is 1. The molecule has 2 aromatic heterocycles. The zero-order valence-electron chi connectivity index (χ0n) is 13.4. The fourth-order valence-corrected chi connectivity index (χ4v) is 3.43. The van der Waals surface area contributed by atoms with Crippen LogP contribution in [-0.2, 0) is 0 Å². The van der Waals surface area contributed by atoms with Crippen LogP contribution in [0.15, 0.2) is 40.4 Å². The average Bonchev–Trinajstić information content (AvgIpc) is 3.25. The summed E-state index contributed by atoms with van der Waals surface area (Å²) in [5, 5.41) is 15.2. The Hall–Kier alpha value is -3.14. The van der Waals surface area contributed by atoms with Crippen molar-refractivity contribution in [2.24, 2.45) is 0 Å². The van der Waals surface area contributed by atoms with Crippen LogP contribution in [0.1, 0.15) is 36.8 Å². The van der Waals surface area contributed by atoms with Crippen LogP contribution in [0.2, 0.25) is 0 Å². The lowest BCUT2D eigenvalue weighted by molar-refractivity contribution is 0.315. The minimum Gasteiger partial charge on any atom is -0.343 e. The Balaban J connectivity index is 2.01. The van der Waals surface area contributed by atoms with Gasteiger partial charge in [0.2, 0.25) is 0 Å². The Morgan fingerprint density at radius 1 is 1.33 bits per heavy atom. The van der Waals surface area contributed by atoms with Gasteiger partial charge in [0.05, 0.1) is 18.7 Å². The minimum atomic E-state index is -0.218. The second-order valence-corrected chi connectivity index (χ2v) is 5.84. The van der Waals surface area contributed by atoms with Gasteiger partial charge in [-0.1, -0.05) is 25.5 Å². The summed E-state index contributed by atoms with van der Waals surface area (Å²) in [7, 11) is 1.97. The Morgan fingerprint density at radius 2 is 2.21 bits per heavy atom. The molecule has 0 radical (unpaired) electrons. The highest BCUT2D eigenvalue weighted by Gasteiger charge is 2.35. The minimum absolute atomic E-state index is 0.218. The molecule has 120 valence electrons. The first-order valence-corrected chi connectivity index (χ1v) is 7.85. The maximum Gasteiger partial charge on any atom is 0.196 e. The molecule has 0 aliphatic carbocycles. The molecule has 1 aliphatic heterocycles. The zero-order chi connectivity index (χ0) is 16.7. The van der Waals surface area contributed by atoms with Crippen LogP contribution in [0.5, 0.6) is 0 Å². The van der Waals surface area contributed by atoms with E-state index in [2.05, 4.69) is 32.3 Å². The third kappa shape index (κ3) is 1.93. The van der Waals surface area contributed by atoms with Crippen LogP contribution >= 0.6 is 0 Å². The second kappa shape index (κ2) is 5.49. The van der Waals surface area contributed by atoms with Crippen molar-refractivity contribution in [1.82, 2.24) is 20.5 Å². The average molecular weight is 320 g/mol. The predicted octanol–water partition coefficient (Wildman–Crippen LogP) is 3.46. The van der Waals surface area contributed by atoms with E-state index in [-0.39, 0.29) is 5.92 Å². The zero-order valence-corrected chi connectivity index (χ0v) is 13.4. The van der Waals surface area contributed by atoms with E-state index in [1.807, 2.05) is 30.1 Å². The summed E-state index contributed by atoms with van der Waals surface area (Å²) in [5.41, 5.74) is 5.00. The Morgan fingerprint density at radius 3 is 3.00 bits per heavy atom. The van der Waals surface area contributed by atoms with Crippen molar-refractivity contribution in [3.05, 3.63) is 58.3 Å². The van der Waals surface area contributed by atoms with Crippen molar-refractivity contribution in [3.8, 4) is 0 Å². The number of hydrogen-bond acceptors (Lipinski definition) is 5. The molecule has 3 heterocycles. The number of nitrogens with zero attached hydrogens (tertiary/aromatic N) is 5. The molecule has 24 heavy (non-hydrogen) atoms. The number of fused-ring (bicyclic) bond motifs is 2. The van der Waals surface area contributed by atoms with Crippen LogP contribution in [0.3, 0.4) is 0 Å². The lowest BCUT2D eigenvalue weighted by Crippen LogP contribution is -2.26. The van der Waals surface area contributed by atoms with Gasteiger partial charge in [0.1, 0.15) is 16.9 Å². The number of aromatic amines is 1. The molecule has 0 bridgehead atoms. The van der Waals surface area contributed by atoms with Gasteiger partial charge in [-0.25, -0.2) is 9.47 Å². The molecule has 0 saturated carbocycles. The van der Waals surface area contributed by atoms with Gasteiger partial charge in [0.25, 0.3) is 0 Å². The van der Waals surface area contributed by atoms with Gasteiger partial charge in [0, 0.05) is 18.3 Å². The number of hydrogen-bond donors (Lipinski definition) is 1. The van der Waals surface area contributed by atoms with Crippen LogP contribution in [0.4, 0.5) is 5.82 Å². The molecule has 1 N–H and O–H groups in total. The van der Waals surface area contributed by atoms with Crippen molar-refractivity contribution >= 4 is 16.9 Å². The number of rotatable bonds is 3. The largest absolute Gasteiger partial charge is 0.343 e. The van der Waals surface area contributed by atoms with Gasteiger partial charge in [0.15, 0.2) is 5.70 Å². The maximum absolute atomic E-state index is 7.79. The molecular formula is C17H16N6O. The maximum atomic E-state index is 7.79. The summed E-state index contributed by atoms with van der Waals surface area (Å²) < 4.78 is 4.90. The number of allylic oxidation sites excluding steroid dienone is 2. The molecule has 0 fully saturated rings. The second-order valence-electron chi connectivity index (χ2n) is 5.84. The van der Waals surface area contributed by atoms with Crippen molar-refractivity contribution in [2.75, 3.05) is 11.9 Å². The SMILES string of the molecule is [C-]#[N+]C1=C(CCC)N(C)c2[nH]ncc2C1c1cccc2nonc12. The quantitative estimate of drug-likeness (QED) is 0.748. The first-order valence-electron chi connectivity index (χ1n) is 7.85. The summed E-state index contributed by atoms with van der Waals surface area (Å²) >= 11 is 0. The fraction of sp³-hybridized carbons (Fsp3) is 0.294. The number of H-pyrrole nitrogens is 1. The Kier molecular flexibility index (Phi) is 3.31. The molecule has 0 saturated heterocycles. The van der Waals surface area contributed by atoms with E-state index in [0.717, 1.165) is 35.5 Å². The van der Waals surface area contributed by atoms with Crippen LogP contribution in [-0.4, -0.2) is 27.6 Å². The van der Waals surface area contributed by atoms with E-state index in [1.165, 1.54) is 0 Å². The number of nitrogens with one attached hydrogen (secondary N) is 1. The molecule has 1 aromatic carbocycles. The van der Waals surface area contributed by atoms with E-state index >= 15 is 0 Å². The van der Waals surface area contributed by atoms with Gasteiger partial charge < -0.3 is 4.90 Å². The first kappa shape index (κ1) is 14.5. The Bertz CT molecular complexity index is 976. The van der Waals surface area contributed by atoms with E-state index in [9.17, 15) is 0 Å². The van der Waals surface area contributed by atoms with E-state index in [1.54, 1.807) is 6.20 Å². The van der Waals surface area contributed by atoms with Crippen molar-refractivity contribution in [3.63, 3.8) is 0 Å². The van der Waals surface area contributed by atoms with Crippen molar-refractivity contribution in [2.45, 2.75) is 25.7 Å². The van der Waals surface area contributed by atoms with Crippen molar-refractivity contribution < 1.29 is 4.63 Å². The smallest absolute Gasteiger partial charge is 0.196 e.